The van der Waals surface area contributed by atoms with Gasteiger partial charge in [-0.05, 0) is 13.0 Å². The van der Waals surface area contributed by atoms with E-state index in [-0.39, 0.29) is 12.8 Å². The molecule has 0 fully saturated rings. The van der Waals surface area contributed by atoms with Gasteiger partial charge in [0.15, 0.2) is 0 Å². The fourth-order valence-electron chi connectivity index (χ4n) is 2.10. The smallest absolute Gasteiger partial charge is 0.317 e. The van der Waals surface area contributed by atoms with Crippen LogP contribution in [0.5, 0.6) is 0 Å². The van der Waals surface area contributed by atoms with E-state index in [1.54, 1.807) is 0 Å². The molecule has 0 bridgehead atoms. The number of aliphatic hydroxyl groups excluding tert-OH is 1. The second-order valence-corrected chi connectivity index (χ2v) is 5.20. The van der Waals surface area contributed by atoms with Gasteiger partial charge < -0.3 is 15.7 Å². The third-order valence-corrected chi connectivity index (χ3v) is 3.32. The Balaban J connectivity index is 3.01. The number of hydrogen-bond acceptors (Lipinski definition) is 3. The average molecular weight is 287 g/mol. The van der Waals surface area contributed by atoms with Crippen molar-refractivity contribution in [3.05, 3.63) is 0 Å². The van der Waals surface area contributed by atoms with Crippen LogP contribution in [0.15, 0.2) is 0 Å². The van der Waals surface area contributed by atoms with Crippen LogP contribution < -0.4 is 16.0 Å². The lowest BCUT2D eigenvalue weighted by molar-refractivity contribution is 0.217. The van der Waals surface area contributed by atoms with Crippen molar-refractivity contribution in [2.24, 2.45) is 0 Å². The molecule has 0 heterocycles. The second-order valence-electron chi connectivity index (χ2n) is 5.20. The van der Waals surface area contributed by atoms with Crippen molar-refractivity contribution in [2.45, 2.75) is 71.1 Å². The molecule has 4 N–H and O–H groups in total. The molecule has 5 heteroatoms. The zero-order valence-electron chi connectivity index (χ0n) is 13.0. The molecular weight excluding hydrogens is 254 g/mol. The molecule has 0 aliphatic carbocycles. The van der Waals surface area contributed by atoms with Crippen LogP contribution in [0.3, 0.4) is 0 Å². The molecule has 5 nitrogen and oxygen atoms in total. The highest BCUT2D eigenvalue weighted by atomic mass is 16.3. The van der Waals surface area contributed by atoms with Crippen LogP contribution in [0, 0.1) is 0 Å². The van der Waals surface area contributed by atoms with Crippen molar-refractivity contribution < 1.29 is 9.90 Å². The number of carbonyl (C=O) groups is 1. The first-order valence-electron chi connectivity index (χ1n) is 8.14. The molecule has 0 unspecified atom stereocenters. The van der Waals surface area contributed by atoms with Crippen LogP contribution in [0.2, 0.25) is 0 Å². The molecule has 0 aromatic rings. The molecule has 2 amide bonds. The number of aliphatic hydroxyl groups is 1. The van der Waals surface area contributed by atoms with Gasteiger partial charge in [0, 0.05) is 0 Å². The first kappa shape index (κ1) is 19.2. The minimum atomic E-state index is -0.344. The Hall–Kier alpha value is -0.810. The molecule has 0 saturated heterocycles. The van der Waals surface area contributed by atoms with E-state index in [0.717, 1.165) is 13.0 Å². The van der Waals surface area contributed by atoms with Crippen LogP contribution in [-0.4, -0.2) is 31.1 Å². The van der Waals surface area contributed by atoms with Gasteiger partial charge >= 0.3 is 6.03 Å². The van der Waals surface area contributed by atoms with Gasteiger partial charge in [0.25, 0.3) is 0 Å². The van der Waals surface area contributed by atoms with E-state index in [4.69, 9.17) is 5.11 Å². The summed E-state index contributed by atoms with van der Waals surface area (Å²) in [6.45, 7) is 3.30. The summed E-state index contributed by atoms with van der Waals surface area (Å²) < 4.78 is 0. The normalized spacial score (nSPS) is 10.5. The van der Waals surface area contributed by atoms with E-state index < -0.39 is 0 Å². The molecule has 0 aromatic heterocycles. The second kappa shape index (κ2) is 16.2. The predicted molar refractivity (Wildman–Crippen MR) is 83.5 cm³/mol. The van der Waals surface area contributed by atoms with Gasteiger partial charge in [-0.15, -0.1) is 0 Å². The van der Waals surface area contributed by atoms with Gasteiger partial charge in [0.1, 0.15) is 6.73 Å². The number of carbonyl (C=O) groups excluding carboxylic acids is 1. The third kappa shape index (κ3) is 15.2. The monoisotopic (exact) mass is 287 g/mol. The van der Waals surface area contributed by atoms with Crippen molar-refractivity contribution >= 4 is 6.03 Å². The van der Waals surface area contributed by atoms with Gasteiger partial charge in [-0.25, -0.2) is 4.79 Å². The third-order valence-electron chi connectivity index (χ3n) is 3.32. The molecule has 20 heavy (non-hydrogen) atoms. The van der Waals surface area contributed by atoms with E-state index in [0.29, 0.717) is 6.67 Å². The summed E-state index contributed by atoms with van der Waals surface area (Å²) in [5.41, 5.74) is 0. The maximum Gasteiger partial charge on any atom is 0.317 e. The Morgan fingerprint density at radius 1 is 0.850 bits per heavy atom. The van der Waals surface area contributed by atoms with E-state index in [9.17, 15) is 4.79 Å². The van der Waals surface area contributed by atoms with Crippen LogP contribution >= 0.6 is 0 Å². The van der Waals surface area contributed by atoms with Crippen molar-refractivity contribution in [3.8, 4) is 0 Å². The predicted octanol–water partition coefficient (Wildman–Crippen LogP) is 2.70. The number of unbranched alkanes of at least 4 members (excludes halogenated alkanes) is 9. The highest BCUT2D eigenvalue weighted by Crippen LogP contribution is 2.10. The molecule has 0 aliphatic rings. The lowest BCUT2D eigenvalue weighted by Gasteiger charge is -2.07. The Morgan fingerprint density at radius 3 is 1.95 bits per heavy atom. The standard InChI is InChI=1S/C15H33N3O2/c1-2-3-4-5-6-7-8-9-10-11-12-16-13-17-15(20)18-14-19/h16,19H,2-14H2,1H3,(H2,17,18,20). The molecule has 0 radical (unpaired) electrons. The molecule has 0 rings (SSSR count). The summed E-state index contributed by atoms with van der Waals surface area (Å²) in [5, 5.41) is 16.4. The van der Waals surface area contributed by atoms with E-state index in [2.05, 4.69) is 22.9 Å². The van der Waals surface area contributed by atoms with Crippen LogP contribution in [0.4, 0.5) is 4.79 Å². The highest BCUT2D eigenvalue weighted by molar-refractivity contribution is 5.73. The molecule has 0 aromatic carbocycles. The lowest BCUT2D eigenvalue weighted by Crippen LogP contribution is -2.41. The number of nitrogens with one attached hydrogen (secondary N) is 3. The van der Waals surface area contributed by atoms with Gasteiger partial charge in [-0.3, -0.25) is 5.32 Å². The van der Waals surface area contributed by atoms with Gasteiger partial charge in [0.05, 0.1) is 6.67 Å². The molecule has 0 saturated carbocycles. The fourth-order valence-corrected chi connectivity index (χ4v) is 2.10. The average Bonchev–Trinajstić information content (AvgIpc) is 2.44. The van der Waals surface area contributed by atoms with Gasteiger partial charge in [0.2, 0.25) is 0 Å². The molecular formula is C15H33N3O2. The Bertz CT molecular complexity index is 213. The zero-order valence-corrected chi connectivity index (χ0v) is 13.0. The minimum Gasteiger partial charge on any atom is -0.376 e. The first-order chi connectivity index (χ1) is 9.81. The van der Waals surface area contributed by atoms with Crippen molar-refractivity contribution in [2.75, 3.05) is 19.9 Å². The number of hydrogen-bond donors (Lipinski definition) is 4. The summed E-state index contributed by atoms with van der Waals surface area (Å²) in [4.78, 5) is 10.9. The largest absolute Gasteiger partial charge is 0.376 e. The summed E-state index contributed by atoms with van der Waals surface area (Å²) in [7, 11) is 0. The molecule has 120 valence electrons. The van der Waals surface area contributed by atoms with Crippen molar-refractivity contribution in [1.82, 2.24) is 16.0 Å². The van der Waals surface area contributed by atoms with Crippen molar-refractivity contribution in [3.63, 3.8) is 0 Å². The van der Waals surface area contributed by atoms with E-state index >= 15 is 0 Å². The maximum atomic E-state index is 10.9. The van der Waals surface area contributed by atoms with E-state index in [1.807, 2.05) is 0 Å². The lowest BCUT2D eigenvalue weighted by atomic mass is 10.1. The van der Waals surface area contributed by atoms with Crippen LogP contribution in [-0.2, 0) is 0 Å². The van der Waals surface area contributed by atoms with Gasteiger partial charge in [-0.1, -0.05) is 64.7 Å². The summed E-state index contributed by atoms with van der Waals surface area (Å²) in [5.74, 6) is 0. The van der Waals surface area contributed by atoms with Crippen molar-refractivity contribution in [1.29, 1.82) is 0 Å². The minimum absolute atomic E-state index is 0.329. The zero-order chi connectivity index (χ0) is 14.9. The van der Waals surface area contributed by atoms with E-state index in [1.165, 1.54) is 57.8 Å². The number of rotatable bonds is 14. The number of urea groups is 1. The molecule has 0 spiro atoms. The summed E-state index contributed by atoms with van der Waals surface area (Å²) >= 11 is 0. The highest BCUT2D eigenvalue weighted by Gasteiger charge is 1.96. The maximum absolute atomic E-state index is 10.9. The molecule has 0 aliphatic heterocycles. The molecule has 0 atom stereocenters. The number of amides is 2. The SMILES string of the molecule is CCCCCCCCCCCCNCNC(=O)NCO. The van der Waals surface area contributed by atoms with Crippen LogP contribution in [0.1, 0.15) is 71.1 Å². The fraction of sp³-hybridized carbons (Fsp3) is 0.933. The first-order valence-corrected chi connectivity index (χ1v) is 8.14. The Morgan fingerprint density at radius 2 is 1.40 bits per heavy atom. The summed E-state index contributed by atoms with van der Waals surface area (Å²) in [6.07, 6.45) is 13.3. The topological polar surface area (TPSA) is 73.4 Å². The van der Waals surface area contributed by atoms with Crippen LogP contribution in [0.25, 0.3) is 0 Å². The Labute approximate surface area is 123 Å². The Kier molecular flexibility index (Phi) is 15.6. The van der Waals surface area contributed by atoms with Gasteiger partial charge in [-0.2, -0.15) is 0 Å². The summed E-state index contributed by atoms with van der Waals surface area (Å²) in [6, 6.07) is -0.344. The quantitative estimate of drug-likeness (QED) is 0.293.